The summed E-state index contributed by atoms with van der Waals surface area (Å²) in [5, 5.41) is 6.50. The Hall–Kier alpha value is -1.23. The van der Waals surface area contributed by atoms with Crippen molar-refractivity contribution >= 4 is 39.8 Å². The van der Waals surface area contributed by atoms with Gasteiger partial charge < -0.3 is 20.1 Å². The van der Waals surface area contributed by atoms with Crippen LogP contribution in [0.1, 0.15) is 60.1 Å². The highest BCUT2D eigenvalue weighted by Crippen LogP contribution is 2.30. The summed E-state index contributed by atoms with van der Waals surface area (Å²) in [7, 11) is -3.20. The molecule has 0 aliphatic rings. The molecule has 0 amide bonds. The summed E-state index contributed by atoms with van der Waals surface area (Å²) < 4.78 is 35.1. The van der Waals surface area contributed by atoms with Crippen LogP contribution >= 0.6 is 24.0 Å². The molecular weight excluding hydrogens is 517 g/mol. The molecule has 0 radical (unpaired) electrons. The van der Waals surface area contributed by atoms with Gasteiger partial charge in [-0.1, -0.05) is 6.07 Å². The largest absolute Gasteiger partial charge is 0.490 e. The first-order valence-electron chi connectivity index (χ1n) is 10.2. The average Bonchev–Trinajstić information content (AvgIpc) is 2.62. The Balaban J connectivity index is 0.00000841. The van der Waals surface area contributed by atoms with Gasteiger partial charge in [-0.25, -0.2) is 8.42 Å². The zero-order valence-corrected chi connectivity index (χ0v) is 22.4. The van der Waals surface area contributed by atoms with Crippen LogP contribution in [-0.2, 0) is 9.84 Å². The number of nitrogens with one attached hydrogen (secondary N) is 2. The number of benzene rings is 1. The molecule has 0 saturated carbocycles. The molecule has 0 bridgehead atoms. The lowest BCUT2D eigenvalue weighted by Crippen LogP contribution is -2.39. The van der Waals surface area contributed by atoms with Gasteiger partial charge in [0.1, 0.15) is 0 Å². The van der Waals surface area contributed by atoms with Crippen molar-refractivity contribution in [2.75, 3.05) is 32.1 Å². The second kappa shape index (κ2) is 13.2. The number of aliphatic imine (C=N–C) groups is 1. The van der Waals surface area contributed by atoms with Crippen LogP contribution in [-0.4, -0.2) is 51.2 Å². The highest BCUT2D eigenvalue weighted by atomic mass is 127. The van der Waals surface area contributed by atoms with E-state index in [0.717, 1.165) is 11.3 Å². The van der Waals surface area contributed by atoms with Gasteiger partial charge in [0.05, 0.1) is 36.3 Å². The van der Waals surface area contributed by atoms with Gasteiger partial charge in [-0.3, -0.25) is 4.99 Å². The molecule has 174 valence electrons. The normalized spacial score (nSPS) is 13.2. The second-order valence-corrected chi connectivity index (χ2v) is 10.5. The van der Waals surface area contributed by atoms with Crippen LogP contribution in [0.4, 0.5) is 0 Å². The molecule has 0 fully saturated rings. The molecule has 1 rings (SSSR count). The Kier molecular flexibility index (Phi) is 12.7. The van der Waals surface area contributed by atoms with Gasteiger partial charge in [-0.2, -0.15) is 0 Å². The number of rotatable bonds is 10. The zero-order chi connectivity index (χ0) is 22.1. The van der Waals surface area contributed by atoms with E-state index in [9.17, 15) is 8.42 Å². The Morgan fingerprint density at radius 2 is 1.70 bits per heavy atom. The van der Waals surface area contributed by atoms with E-state index in [2.05, 4.69) is 15.6 Å². The predicted molar refractivity (Wildman–Crippen MR) is 135 cm³/mol. The van der Waals surface area contributed by atoms with Crippen LogP contribution in [0.25, 0.3) is 0 Å². The van der Waals surface area contributed by atoms with E-state index in [1.165, 1.54) is 0 Å². The molecule has 30 heavy (non-hydrogen) atoms. The molecule has 0 saturated heterocycles. The van der Waals surface area contributed by atoms with Crippen molar-refractivity contribution in [3.63, 3.8) is 0 Å². The number of hydrogen-bond acceptors (Lipinski definition) is 5. The quantitative estimate of drug-likeness (QED) is 0.259. The minimum Gasteiger partial charge on any atom is -0.490 e. The SMILES string of the molecule is CCNC(=NCCS(=O)(=O)C(C)(C)C)NC(C)c1ccc(OCC)c(OCC)c1.I. The molecule has 9 heteroatoms. The van der Waals surface area contributed by atoms with E-state index >= 15 is 0 Å². The van der Waals surface area contributed by atoms with Crippen molar-refractivity contribution in [2.45, 2.75) is 59.3 Å². The third kappa shape index (κ3) is 8.87. The number of hydrogen-bond donors (Lipinski definition) is 2. The Bertz CT molecular complexity index is 777. The smallest absolute Gasteiger partial charge is 0.191 e. The standard InChI is InChI=1S/C21H37N3O4S.HI/c1-8-22-20(23-13-14-29(25,26)21(5,6)7)24-16(4)17-11-12-18(27-9-2)19(15-17)28-10-3;/h11-12,15-16H,8-10,13-14H2,1-7H3,(H2,22,23,24);1H. The van der Waals surface area contributed by atoms with Crippen molar-refractivity contribution < 1.29 is 17.9 Å². The van der Waals surface area contributed by atoms with Crippen molar-refractivity contribution in [1.29, 1.82) is 0 Å². The van der Waals surface area contributed by atoms with Gasteiger partial charge in [-0.15, -0.1) is 24.0 Å². The fraction of sp³-hybridized carbons (Fsp3) is 0.667. The van der Waals surface area contributed by atoms with E-state index in [1.54, 1.807) is 20.8 Å². The molecule has 0 aromatic heterocycles. The predicted octanol–water partition coefficient (Wildman–Crippen LogP) is 3.93. The summed E-state index contributed by atoms with van der Waals surface area (Å²) in [6.07, 6.45) is 0. The summed E-state index contributed by atoms with van der Waals surface area (Å²) in [4.78, 5) is 4.44. The van der Waals surface area contributed by atoms with Crippen molar-refractivity contribution in [3.05, 3.63) is 23.8 Å². The summed E-state index contributed by atoms with van der Waals surface area (Å²) in [5.41, 5.74) is 1.02. The topological polar surface area (TPSA) is 89.0 Å². The first-order chi connectivity index (χ1) is 13.6. The maximum atomic E-state index is 12.3. The summed E-state index contributed by atoms with van der Waals surface area (Å²) in [6.45, 7) is 15.0. The van der Waals surface area contributed by atoms with Gasteiger partial charge >= 0.3 is 0 Å². The Labute approximate surface area is 199 Å². The zero-order valence-electron chi connectivity index (χ0n) is 19.2. The molecule has 2 N–H and O–H groups in total. The molecule has 1 aromatic rings. The summed E-state index contributed by atoms with van der Waals surface area (Å²) in [6, 6.07) is 5.79. The van der Waals surface area contributed by atoms with Crippen LogP contribution in [0.5, 0.6) is 11.5 Å². The molecule has 0 spiro atoms. The molecule has 0 aliphatic heterocycles. The molecule has 0 aliphatic carbocycles. The second-order valence-electron chi connectivity index (χ2n) is 7.63. The minimum absolute atomic E-state index is 0. The minimum atomic E-state index is -3.20. The Morgan fingerprint density at radius 3 is 2.23 bits per heavy atom. The molecule has 1 unspecified atom stereocenters. The van der Waals surface area contributed by atoms with E-state index in [4.69, 9.17) is 9.47 Å². The van der Waals surface area contributed by atoms with Crippen LogP contribution in [0.3, 0.4) is 0 Å². The lowest BCUT2D eigenvalue weighted by molar-refractivity contribution is 0.287. The molecule has 0 heterocycles. The van der Waals surface area contributed by atoms with Crippen LogP contribution in [0, 0.1) is 0 Å². The van der Waals surface area contributed by atoms with E-state index in [1.807, 2.05) is 45.9 Å². The monoisotopic (exact) mass is 555 g/mol. The molecule has 1 aromatic carbocycles. The lowest BCUT2D eigenvalue weighted by Gasteiger charge is -2.21. The van der Waals surface area contributed by atoms with Gasteiger partial charge in [0.2, 0.25) is 0 Å². The first kappa shape index (κ1) is 28.8. The third-order valence-corrected chi connectivity index (χ3v) is 6.91. The summed E-state index contributed by atoms with van der Waals surface area (Å²) >= 11 is 0. The van der Waals surface area contributed by atoms with E-state index in [-0.39, 0.29) is 42.3 Å². The number of nitrogens with zero attached hydrogens (tertiary/aromatic N) is 1. The first-order valence-corrected chi connectivity index (χ1v) is 11.9. The van der Waals surface area contributed by atoms with Gasteiger partial charge in [-0.05, 0) is 66.2 Å². The van der Waals surface area contributed by atoms with Crippen molar-refractivity contribution in [1.82, 2.24) is 10.6 Å². The number of ether oxygens (including phenoxy) is 2. The molecular formula is C21H38IN3O4S. The maximum absolute atomic E-state index is 12.3. The van der Waals surface area contributed by atoms with E-state index < -0.39 is 14.6 Å². The molecule has 1 atom stereocenters. The maximum Gasteiger partial charge on any atom is 0.191 e. The van der Waals surface area contributed by atoms with Gasteiger partial charge in [0, 0.05) is 6.54 Å². The fourth-order valence-electron chi connectivity index (χ4n) is 2.53. The third-order valence-electron chi connectivity index (χ3n) is 4.33. The lowest BCUT2D eigenvalue weighted by atomic mass is 10.1. The highest BCUT2D eigenvalue weighted by molar-refractivity contribution is 14.0. The van der Waals surface area contributed by atoms with Crippen LogP contribution < -0.4 is 20.1 Å². The van der Waals surface area contributed by atoms with E-state index in [0.29, 0.717) is 31.5 Å². The van der Waals surface area contributed by atoms with Crippen LogP contribution in [0.2, 0.25) is 0 Å². The fourth-order valence-corrected chi connectivity index (χ4v) is 3.47. The molecule has 7 nitrogen and oxygen atoms in total. The number of guanidine groups is 1. The highest BCUT2D eigenvalue weighted by Gasteiger charge is 2.28. The number of sulfone groups is 1. The van der Waals surface area contributed by atoms with Crippen LogP contribution in [0.15, 0.2) is 23.2 Å². The summed E-state index contributed by atoms with van der Waals surface area (Å²) in [5.74, 6) is 2.02. The van der Waals surface area contributed by atoms with Gasteiger partial charge in [0.25, 0.3) is 0 Å². The number of halogens is 1. The van der Waals surface area contributed by atoms with Crippen molar-refractivity contribution in [2.24, 2.45) is 4.99 Å². The van der Waals surface area contributed by atoms with Gasteiger partial charge in [0.15, 0.2) is 27.3 Å². The average molecular weight is 556 g/mol. The Morgan fingerprint density at radius 1 is 1.10 bits per heavy atom. The van der Waals surface area contributed by atoms with Crippen molar-refractivity contribution in [3.8, 4) is 11.5 Å².